The van der Waals surface area contributed by atoms with Crippen LogP contribution in [0.1, 0.15) is 59.1 Å². The zero-order valence-corrected chi connectivity index (χ0v) is 25.7. The van der Waals surface area contributed by atoms with Gasteiger partial charge in [-0.25, -0.2) is 0 Å². The third-order valence-electron chi connectivity index (χ3n) is 7.45. The van der Waals surface area contributed by atoms with Gasteiger partial charge in [-0.2, -0.15) is 0 Å². The number of rotatable bonds is 3. The number of hydrogen-bond acceptors (Lipinski definition) is 0. The first kappa shape index (κ1) is 27.6. The van der Waals surface area contributed by atoms with E-state index in [1.165, 1.54) is 27.8 Å². The molecule has 0 amide bonds. The summed E-state index contributed by atoms with van der Waals surface area (Å²) in [5.41, 5.74) is 13.5. The van der Waals surface area contributed by atoms with Gasteiger partial charge in [0.25, 0.3) is 0 Å². The first-order valence-electron chi connectivity index (χ1n) is 11.2. The number of hydrogen-bond donors (Lipinski definition) is 0. The maximum Gasteiger partial charge on any atom is -0.147 e. The Hall–Kier alpha value is -0.660. The van der Waals surface area contributed by atoms with Gasteiger partial charge < -0.3 is 0 Å². The molecule has 32 heavy (non-hydrogen) atoms. The van der Waals surface area contributed by atoms with Crippen LogP contribution in [0.3, 0.4) is 0 Å². The summed E-state index contributed by atoms with van der Waals surface area (Å²) in [5.74, 6) is 0.655. The van der Waals surface area contributed by atoms with Crippen molar-refractivity contribution in [2.45, 2.75) is 58.3 Å². The SMILES string of the molecule is CC1=C(C)C(C)[C]([Zr]([CH]2C=C(c3ccccc3)c3c(C)ccc(C)c32)=[Si](C)C)=C1C.Cl.Cl. The standard InChI is InChI=1S/C17H15.C9H13.C2H6Si.2ClH.Zr/c1-12-8-9-13(2)17-15(12)10-11-16(17)14-6-4-3-5-7-14;1-6-5-7(2)9(4)8(6)3;1-3-2;;;/h3-11H,1-2H3;6H,1-4H3;1-2H3;2*1H;. The first-order chi connectivity index (χ1) is 14.2. The maximum absolute atomic E-state index is 2.71. The predicted molar refractivity (Wildman–Crippen MR) is 144 cm³/mol. The van der Waals surface area contributed by atoms with Crippen molar-refractivity contribution in [2.75, 3.05) is 0 Å². The molecule has 0 radical (unpaired) electrons. The van der Waals surface area contributed by atoms with Gasteiger partial charge in [0.05, 0.1) is 0 Å². The van der Waals surface area contributed by atoms with Crippen molar-refractivity contribution in [1.82, 2.24) is 0 Å². The van der Waals surface area contributed by atoms with Gasteiger partial charge in [-0.3, -0.25) is 0 Å². The molecule has 0 spiro atoms. The van der Waals surface area contributed by atoms with Crippen LogP contribution in [-0.2, 0) is 20.4 Å². The van der Waals surface area contributed by atoms with Gasteiger partial charge >= 0.3 is 192 Å². The van der Waals surface area contributed by atoms with E-state index in [4.69, 9.17) is 0 Å². The zero-order valence-electron chi connectivity index (χ0n) is 20.6. The smallest absolute Gasteiger partial charge is 0.147 e. The molecule has 0 aromatic heterocycles. The van der Waals surface area contributed by atoms with Gasteiger partial charge in [0, 0.05) is 0 Å². The first-order valence-corrected chi connectivity index (χ1v) is 20.0. The molecule has 2 aromatic rings. The van der Waals surface area contributed by atoms with E-state index in [-0.39, 0.29) is 30.2 Å². The van der Waals surface area contributed by atoms with E-state index in [9.17, 15) is 0 Å². The molecular formula is C28H36Cl2SiZr. The molecule has 0 heterocycles. The van der Waals surface area contributed by atoms with Crippen molar-refractivity contribution < 1.29 is 20.4 Å². The molecule has 2 aliphatic carbocycles. The number of halogens is 2. The van der Waals surface area contributed by atoms with Crippen molar-refractivity contribution >= 4 is 35.8 Å². The van der Waals surface area contributed by atoms with E-state index in [0.717, 1.165) is 0 Å². The Bertz CT molecular complexity index is 1170. The van der Waals surface area contributed by atoms with Gasteiger partial charge in [0.15, 0.2) is 0 Å². The fourth-order valence-corrected chi connectivity index (χ4v) is 25.4. The third kappa shape index (κ3) is 4.50. The summed E-state index contributed by atoms with van der Waals surface area (Å²) in [6.45, 7) is 19.5. The summed E-state index contributed by atoms with van der Waals surface area (Å²) in [4.78, 5) is 0. The van der Waals surface area contributed by atoms with Gasteiger partial charge in [0.2, 0.25) is 0 Å². The molecule has 0 nitrogen and oxygen atoms in total. The fourth-order valence-electron chi connectivity index (χ4n) is 5.56. The second kappa shape index (κ2) is 10.7. The molecule has 4 rings (SSSR count). The second-order valence-electron chi connectivity index (χ2n) is 9.39. The van der Waals surface area contributed by atoms with E-state index < -0.39 is 20.4 Å². The molecule has 0 aliphatic heterocycles. The van der Waals surface area contributed by atoms with Crippen LogP contribution in [0.15, 0.2) is 68.5 Å². The van der Waals surface area contributed by atoms with Gasteiger partial charge in [0.1, 0.15) is 0 Å². The summed E-state index contributed by atoms with van der Waals surface area (Å²) in [7, 11) is 0. The van der Waals surface area contributed by atoms with E-state index >= 15 is 0 Å². The van der Waals surface area contributed by atoms with E-state index in [1.807, 2.05) is 3.28 Å². The van der Waals surface area contributed by atoms with Crippen molar-refractivity contribution in [3.05, 3.63) is 96.4 Å². The summed E-state index contributed by atoms with van der Waals surface area (Å²) < 4.78 is 2.58. The molecule has 0 saturated heterocycles. The number of aryl methyl sites for hydroxylation is 2. The second-order valence-corrected chi connectivity index (χ2v) is 26.8. The van der Waals surface area contributed by atoms with Crippen LogP contribution in [0.25, 0.3) is 5.57 Å². The van der Waals surface area contributed by atoms with Crippen molar-refractivity contribution in [3.8, 4) is 0 Å². The minimum atomic E-state index is -1.94. The normalized spacial score (nSPS) is 19.3. The monoisotopic (exact) mass is 560 g/mol. The molecule has 0 N–H and O–H groups in total. The molecule has 2 aromatic carbocycles. The van der Waals surface area contributed by atoms with Gasteiger partial charge in [-0.15, -0.1) is 24.8 Å². The summed E-state index contributed by atoms with van der Waals surface area (Å²) >= 11 is -1.94. The van der Waals surface area contributed by atoms with Gasteiger partial charge in [-0.1, -0.05) is 0 Å². The average molecular weight is 563 g/mol. The summed E-state index contributed by atoms with van der Waals surface area (Å²) in [6.07, 6.45) is 2.71. The molecule has 0 bridgehead atoms. The van der Waals surface area contributed by atoms with E-state index in [0.29, 0.717) is 9.54 Å². The minimum Gasteiger partial charge on any atom is -0.147 e. The van der Waals surface area contributed by atoms with Gasteiger partial charge in [-0.05, 0) is 0 Å². The minimum absolute atomic E-state index is 0. The molecule has 2 atom stereocenters. The Morgan fingerprint density at radius 3 is 1.91 bits per heavy atom. The average Bonchev–Trinajstić information content (AvgIpc) is 3.21. The van der Waals surface area contributed by atoms with E-state index in [2.05, 4.69) is 103 Å². The van der Waals surface area contributed by atoms with Crippen LogP contribution in [0.4, 0.5) is 0 Å². The third-order valence-corrected chi connectivity index (χ3v) is 26.0. The van der Waals surface area contributed by atoms with Crippen LogP contribution in [0.2, 0.25) is 13.1 Å². The molecule has 2 aliphatic rings. The van der Waals surface area contributed by atoms with Crippen LogP contribution < -0.4 is 0 Å². The van der Waals surface area contributed by atoms with Crippen molar-refractivity contribution in [2.24, 2.45) is 5.92 Å². The molecular weight excluding hydrogens is 527 g/mol. The van der Waals surface area contributed by atoms with Crippen molar-refractivity contribution in [3.63, 3.8) is 0 Å². The van der Waals surface area contributed by atoms with Crippen LogP contribution in [0.5, 0.6) is 0 Å². The topological polar surface area (TPSA) is 0 Å². The van der Waals surface area contributed by atoms with Crippen LogP contribution in [-0.4, -0.2) is 5.43 Å². The Kier molecular flexibility index (Phi) is 9.25. The number of fused-ring (bicyclic) bond motifs is 1. The van der Waals surface area contributed by atoms with Crippen LogP contribution in [0, 0.1) is 19.8 Å². The number of benzene rings is 2. The Morgan fingerprint density at radius 1 is 0.781 bits per heavy atom. The molecule has 0 saturated carbocycles. The summed E-state index contributed by atoms with van der Waals surface area (Å²) in [6, 6.07) is 15.8. The fraction of sp³-hybridized carbons (Fsp3) is 0.357. The van der Waals surface area contributed by atoms with Crippen LogP contribution >= 0.6 is 24.8 Å². The summed E-state index contributed by atoms with van der Waals surface area (Å²) in [5, 5.41) is 0. The molecule has 2 unspecified atom stereocenters. The van der Waals surface area contributed by atoms with Crippen molar-refractivity contribution in [1.29, 1.82) is 0 Å². The largest absolute Gasteiger partial charge is 0.147 e. The quantitative estimate of drug-likeness (QED) is 0.328. The zero-order chi connectivity index (χ0) is 21.7. The molecule has 4 heteroatoms. The Balaban J connectivity index is 0.00000181. The maximum atomic E-state index is 2.71. The van der Waals surface area contributed by atoms with E-state index in [1.54, 1.807) is 22.3 Å². The number of allylic oxidation sites excluding steroid dienone is 5. The molecule has 0 fully saturated rings. The Labute approximate surface area is 215 Å². The Morgan fingerprint density at radius 2 is 1.38 bits per heavy atom. The predicted octanol–water partition coefficient (Wildman–Crippen LogP) is 8.76. The molecule has 170 valence electrons.